The van der Waals surface area contributed by atoms with Crippen LogP contribution in [0.1, 0.15) is 18.4 Å². The van der Waals surface area contributed by atoms with E-state index < -0.39 is 0 Å². The molecule has 0 aromatic heterocycles. The molecule has 0 spiro atoms. The van der Waals surface area contributed by atoms with Crippen molar-refractivity contribution in [2.24, 2.45) is 0 Å². The summed E-state index contributed by atoms with van der Waals surface area (Å²) in [5, 5.41) is 6.50. The highest BCUT2D eigenvalue weighted by molar-refractivity contribution is 6.31. The van der Waals surface area contributed by atoms with E-state index in [1.807, 2.05) is 26.1 Å². The summed E-state index contributed by atoms with van der Waals surface area (Å²) in [4.78, 5) is 11.6. The van der Waals surface area contributed by atoms with Crippen LogP contribution in [0.3, 0.4) is 0 Å². The minimum absolute atomic E-state index is 0. The summed E-state index contributed by atoms with van der Waals surface area (Å²) >= 11 is 5.87. The first kappa shape index (κ1) is 16.2. The molecule has 0 aliphatic heterocycles. The topological polar surface area (TPSA) is 41.1 Å². The van der Waals surface area contributed by atoms with Crippen LogP contribution in [0.5, 0.6) is 0 Å². The summed E-state index contributed by atoms with van der Waals surface area (Å²) in [6.07, 6.45) is 1.36. The maximum Gasteiger partial charge on any atom is 0.224 e. The maximum absolute atomic E-state index is 11.6. The predicted molar refractivity (Wildman–Crippen MR) is 75.2 cm³/mol. The molecule has 1 aromatic rings. The monoisotopic (exact) mass is 276 g/mol. The summed E-state index contributed by atoms with van der Waals surface area (Å²) in [6.45, 7) is 2.79. The third-order valence-electron chi connectivity index (χ3n) is 2.30. The standard InChI is InChI=1S/C12H17ClN2O.ClH/c1-9-5-6-10(13)8-11(9)15-12(16)4-3-7-14-2;/h5-6,8,14H,3-4,7H2,1-2H3,(H,15,16);1H. The molecule has 0 unspecified atom stereocenters. The minimum Gasteiger partial charge on any atom is -0.326 e. The highest BCUT2D eigenvalue weighted by Gasteiger charge is 2.04. The van der Waals surface area contributed by atoms with E-state index in [4.69, 9.17) is 11.6 Å². The largest absolute Gasteiger partial charge is 0.326 e. The van der Waals surface area contributed by atoms with Gasteiger partial charge in [0.05, 0.1) is 0 Å². The van der Waals surface area contributed by atoms with E-state index in [-0.39, 0.29) is 18.3 Å². The molecule has 0 saturated carbocycles. The molecule has 0 aliphatic rings. The lowest BCUT2D eigenvalue weighted by Gasteiger charge is -2.08. The Morgan fingerprint density at radius 3 is 2.76 bits per heavy atom. The van der Waals surface area contributed by atoms with Crippen molar-refractivity contribution >= 4 is 35.6 Å². The number of aryl methyl sites for hydroxylation is 1. The van der Waals surface area contributed by atoms with Gasteiger partial charge in [-0.05, 0) is 44.6 Å². The van der Waals surface area contributed by atoms with Crippen LogP contribution < -0.4 is 10.6 Å². The quantitative estimate of drug-likeness (QED) is 0.812. The molecule has 1 aromatic carbocycles. The Hall–Kier alpha value is -0.770. The summed E-state index contributed by atoms with van der Waals surface area (Å²) in [6, 6.07) is 5.48. The summed E-state index contributed by atoms with van der Waals surface area (Å²) in [5.74, 6) is 0.0283. The van der Waals surface area contributed by atoms with E-state index in [1.54, 1.807) is 6.07 Å². The number of hydrogen-bond donors (Lipinski definition) is 2. The van der Waals surface area contributed by atoms with Crippen LogP contribution in [-0.2, 0) is 4.79 Å². The van der Waals surface area contributed by atoms with E-state index in [9.17, 15) is 4.79 Å². The van der Waals surface area contributed by atoms with Crippen LogP contribution in [-0.4, -0.2) is 19.5 Å². The summed E-state index contributed by atoms with van der Waals surface area (Å²) in [7, 11) is 1.87. The number of carbonyl (C=O) groups is 1. The molecule has 0 saturated heterocycles. The number of amides is 1. The van der Waals surface area contributed by atoms with Crippen LogP contribution in [0.25, 0.3) is 0 Å². The number of nitrogens with one attached hydrogen (secondary N) is 2. The summed E-state index contributed by atoms with van der Waals surface area (Å²) < 4.78 is 0. The zero-order valence-electron chi connectivity index (χ0n) is 10.0. The van der Waals surface area contributed by atoms with Crippen LogP contribution >= 0.6 is 24.0 Å². The van der Waals surface area contributed by atoms with Crippen molar-refractivity contribution in [3.05, 3.63) is 28.8 Å². The van der Waals surface area contributed by atoms with Crippen LogP contribution in [0.4, 0.5) is 5.69 Å². The van der Waals surface area contributed by atoms with Crippen molar-refractivity contribution in [3.63, 3.8) is 0 Å². The van der Waals surface area contributed by atoms with Gasteiger partial charge in [0.25, 0.3) is 0 Å². The van der Waals surface area contributed by atoms with Crippen LogP contribution in [0, 0.1) is 6.92 Å². The molecule has 0 atom stereocenters. The zero-order valence-corrected chi connectivity index (χ0v) is 11.6. The fraction of sp³-hybridized carbons (Fsp3) is 0.417. The van der Waals surface area contributed by atoms with Gasteiger partial charge in [0.1, 0.15) is 0 Å². The highest BCUT2D eigenvalue weighted by atomic mass is 35.5. The van der Waals surface area contributed by atoms with Gasteiger partial charge in [-0.3, -0.25) is 4.79 Å². The maximum atomic E-state index is 11.6. The Labute approximate surface area is 113 Å². The predicted octanol–water partition coefficient (Wildman–Crippen LogP) is 3.01. The second kappa shape index (κ2) is 8.34. The van der Waals surface area contributed by atoms with Gasteiger partial charge in [0.15, 0.2) is 0 Å². The van der Waals surface area contributed by atoms with Crippen molar-refractivity contribution in [1.29, 1.82) is 0 Å². The third-order valence-corrected chi connectivity index (χ3v) is 2.54. The van der Waals surface area contributed by atoms with Crippen molar-refractivity contribution in [2.45, 2.75) is 19.8 Å². The zero-order chi connectivity index (χ0) is 12.0. The van der Waals surface area contributed by atoms with Gasteiger partial charge >= 0.3 is 0 Å². The number of carbonyl (C=O) groups excluding carboxylic acids is 1. The molecular formula is C12H18Cl2N2O. The first-order chi connectivity index (χ1) is 7.63. The van der Waals surface area contributed by atoms with E-state index in [0.717, 1.165) is 24.2 Å². The minimum atomic E-state index is 0. The third kappa shape index (κ3) is 5.91. The fourth-order valence-electron chi connectivity index (χ4n) is 1.37. The number of halogens is 2. The molecule has 0 aliphatic carbocycles. The Morgan fingerprint density at radius 1 is 1.41 bits per heavy atom. The number of anilines is 1. The van der Waals surface area contributed by atoms with E-state index >= 15 is 0 Å². The van der Waals surface area contributed by atoms with E-state index in [2.05, 4.69) is 10.6 Å². The second-order valence-electron chi connectivity index (χ2n) is 3.71. The van der Waals surface area contributed by atoms with Crippen molar-refractivity contribution in [3.8, 4) is 0 Å². The molecule has 96 valence electrons. The lowest BCUT2D eigenvalue weighted by molar-refractivity contribution is -0.116. The fourth-order valence-corrected chi connectivity index (χ4v) is 1.54. The lowest BCUT2D eigenvalue weighted by Crippen LogP contribution is -2.15. The van der Waals surface area contributed by atoms with Crippen LogP contribution in [0.2, 0.25) is 5.02 Å². The molecule has 1 rings (SSSR count). The molecular weight excluding hydrogens is 259 g/mol. The van der Waals surface area contributed by atoms with Gasteiger partial charge in [-0.25, -0.2) is 0 Å². The van der Waals surface area contributed by atoms with Gasteiger partial charge in [-0.15, -0.1) is 12.4 Å². The molecule has 0 heterocycles. The van der Waals surface area contributed by atoms with Gasteiger partial charge in [-0.1, -0.05) is 17.7 Å². The molecule has 0 bridgehead atoms. The Morgan fingerprint density at radius 2 is 2.12 bits per heavy atom. The number of hydrogen-bond acceptors (Lipinski definition) is 2. The van der Waals surface area contributed by atoms with Gasteiger partial charge in [0, 0.05) is 17.1 Å². The molecule has 1 amide bonds. The normalized spacial score (nSPS) is 9.59. The van der Waals surface area contributed by atoms with Crippen molar-refractivity contribution in [2.75, 3.05) is 18.9 Å². The average molecular weight is 277 g/mol. The molecule has 3 nitrogen and oxygen atoms in total. The van der Waals surface area contributed by atoms with Crippen molar-refractivity contribution < 1.29 is 4.79 Å². The Bertz CT molecular complexity index is 370. The molecule has 17 heavy (non-hydrogen) atoms. The van der Waals surface area contributed by atoms with E-state index in [0.29, 0.717) is 11.4 Å². The summed E-state index contributed by atoms with van der Waals surface area (Å²) in [5.41, 5.74) is 1.81. The highest BCUT2D eigenvalue weighted by Crippen LogP contribution is 2.20. The first-order valence-electron chi connectivity index (χ1n) is 5.34. The average Bonchev–Trinajstić information content (AvgIpc) is 2.24. The second-order valence-corrected chi connectivity index (χ2v) is 4.15. The Kier molecular flexibility index (Phi) is 7.96. The smallest absolute Gasteiger partial charge is 0.224 e. The van der Waals surface area contributed by atoms with Gasteiger partial charge in [0.2, 0.25) is 5.91 Å². The molecule has 0 radical (unpaired) electrons. The van der Waals surface area contributed by atoms with Gasteiger partial charge in [-0.2, -0.15) is 0 Å². The van der Waals surface area contributed by atoms with Crippen LogP contribution in [0.15, 0.2) is 18.2 Å². The SMILES string of the molecule is CNCCCC(=O)Nc1cc(Cl)ccc1C.Cl. The van der Waals surface area contributed by atoms with Gasteiger partial charge < -0.3 is 10.6 Å². The lowest BCUT2D eigenvalue weighted by atomic mass is 10.2. The number of rotatable bonds is 5. The Balaban J connectivity index is 0.00000256. The molecule has 5 heteroatoms. The molecule has 2 N–H and O–H groups in total. The molecule has 0 fully saturated rings. The van der Waals surface area contributed by atoms with Crippen molar-refractivity contribution in [1.82, 2.24) is 5.32 Å². The van der Waals surface area contributed by atoms with E-state index in [1.165, 1.54) is 0 Å². The number of benzene rings is 1. The first-order valence-corrected chi connectivity index (χ1v) is 5.72.